The maximum atomic E-state index is 12.4. The van der Waals surface area contributed by atoms with Crippen LogP contribution in [0.3, 0.4) is 0 Å². The predicted octanol–water partition coefficient (Wildman–Crippen LogP) is 4.09. The van der Waals surface area contributed by atoms with Crippen molar-refractivity contribution in [1.29, 1.82) is 0 Å². The molecule has 0 spiro atoms. The summed E-state index contributed by atoms with van der Waals surface area (Å²) in [5, 5.41) is 11.7. The van der Waals surface area contributed by atoms with Crippen LogP contribution >= 0.6 is 27.3 Å². The van der Waals surface area contributed by atoms with E-state index < -0.39 is 4.92 Å². The molecule has 4 nitrogen and oxygen atoms in total. The average Bonchev–Trinajstić information content (AvgIpc) is 2.39. The highest BCUT2D eigenvalue weighted by molar-refractivity contribution is 9.10. The molecule has 0 fully saturated rings. The number of nitro benzene ring substituents is 1. The molecule has 0 saturated heterocycles. The summed E-state index contributed by atoms with van der Waals surface area (Å²) < 4.78 is 2.44. The van der Waals surface area contributed by atoms with Crippen LogP contribution in [0.1, 0.15) is 0 Å². The average molecular weight is 336 g/mol. The Morgan fingerprint density at radius 3 is 2.37 bits per heavy atom. The van der Waals surface area contributed by atoms with Crippen molar-refractivity contribution in [3.05, 3.63) is 61.2 Å². The standard InChI is InChI=1S/C13H6BrNO3S/c14-7-1-3-11-9(5-7)13(16)10-6-8(15(17)18)2-4-12(10)19-11/h1-6H. The SMILES string of the molecule is O=c1c2cc(Br)ccc2sc2ccc([N+](=O)[O-])cc12. The number of hydrogen-bond acceptors (Lipinski definition) is 4. The molecule has 0 aliphatic heterocycles. The van der Waals surface area contributed by atoms with E-state index in [2.05, 4.69) is 15.9 Å². The van der Waals surface area contributed by atoms with E-state index in [1.807, 2.05) is 12.1 Å². The fourth-order valence-corrected chi connectivity index (χ4v) is 3.32. The van der Waals surface area contributed by atoms with E-state index in [1.165, 1.54) is 23.5 Å². The first kappa shape index (κ1) is 12.3. The molecule has 19 heavy (non-hydrogen) atoms. The second-order valence-electron chi connectivity index (χ2n) is 4.01. The van der Waals surface area contributed by atoms with Crippen LogP contribution in [0.2, 0.25) is 0 Å². The van der Waals surface area contributed by atoms with Gasteiger partial charge in [0.1, 0.15) is 0 Å². The molecular formula is C13H6BrNO3S. The van der Waals surface area contributed by atoms with Crippen molar-refractivity contribution in [3.8, 4) is 0 Å². The van der Waals surface area contributed by atoms with Crippen LogP contribution in [0.5, 0.6) is 0 Å². The van der Waals surface area contributed by atoms with Gasteiger partial charge in [0.2, 0.25) is 0 Å². The number of non-ortho nitro benzene ring substituents is 1. The molecule has 3 aromatic rings. The third-order valence-electron chi connectivity index (χ3n) is 2.82. The molecular weight excluding hydrogens is 330 g/mol. The molecule has 0 radical (unpaired) electrons. The van der Waals surface area contributed by atoms with Gasteiger partial charge in [0.05, 0.1) is 4.92 Å². The molecule has 0 unspecified atom stereocenters. The van der Waals surface area contributed by atoms with Gasteiger partial charge in [0.15, 0.2) is 5.43 Å². The zero-order valence-corrected chi connectivity index (χ0v) is 11.8. The normalized spacial score (nSPS) is 11.0. The summed E-state index contributed by atoms with van der Waals surface area (Å²) in [5.74, 6) is 0. The van der Waals surface area contributed by atoms with Gasteiger partial charge in [-0.3, -0.25) is 14.9 Å². The summed E-state index contributed by atoms with van der Waals surface area (Å²) in [5.41, 5.74) is -0.236. The third-order valence-corrected chi connectivity index (χ3v) is 4.47. The molecule has 3 rings (SSSR count). The quantitative estimate of drug-likeness (QED) is 0.382. The fraction of sp³-hybridized carbons (Fsp3) is 0. The highest BCUT2D eigenvalue weighted by atomic mass is 79.9. The van der Waals surface area contributed by atoms with Crippen molar-refractivity contribution in [1.82, 2.24) is 0 Å². The first-order valence-electron chi connectivity index (χ1n) is 5.37. The Kier molecular flexibility index (Phi) is 2.83. The van der Waals surface area contributed by atoms with Gasteiger partial charge in [0.25, 0.3) is 5.69 Å². The molecule has 0 amide bonds. The Balaban J connectivity index is 2.48. The highest BCUT2D eigenvalue weighted by Crippen LogP contribution is 2.28. The summed E-state index contributed by atoms with van der Waals surface area (Å²) >= 11 is 4.78. The topological polar surface area (TPSA) is 60.2 Å². The molecule has 0 saturated carbocycles. The minimum Gasteiger partial charge on any atom is -0.288 e. The molecule has 94 valence electrons. The van der Waals surface area contributed by atoms with E-state index in [9.17, 15) is 14.9 Å². The number of hydrogen-bond donors (Lipinski definition) is 0. The summed E-state index contributed by atoms with van der Waals surface area (Å²) in [6, 6.07) is 9.87. The van der Waals surface area contributed by atoms with Crippen LogP contribution in [0, 0.1) is 10.1 Å². The molecule has 1 aromatic heterocycles. The van der Waals surface area contributed by atoms with Gasteiger partial charge >= 0.3 is 0 Å². The second-order valence-corrected chi connectivity index (χ2v) is 6.01. The van der Waals surface area contributed by atoms with Crippen molar-refractivity contribution in [2.24, 2.45) is 0 Å². The van der Waals surface area contributed by atoms with Gasteiger partial charge in [-0.2, -0.15) is 0 Å². The molecule has 6 heteroatoms. The smallest absolute Gasteiger partial charge is 0.270 e. The Hall–Kier alpha value is -1.79. The largest absolute Gasteiger partial charge is 0.288 e. The molecule has 0 bridgehead atoms. The lowest BCUT2D eigenvalue weighted by Gasteiger charge is -2.01. The Bertz CT molecular complexity index is 888. The first-order valence-corrected chi connectivity index (χ1v) is 6.98. The summed E-state index contributed by atoms with van der Waals surface area (Å²) in [6.07, 6.45) is 0. The van der Waals surface area contributed by atoms with Gasteiger partial charge in [0, 0.05) is 36.8 Å². The predicted molar refractivity (Wildman–Crippen MR) is 80.0 cm³/mol. The van der Waals surface area contributed by atoms with Crippen LogP contribution < -0.4 is 5.43 Å². The van der Waals surface area contributed by atoms with E-state index in [0.717, 1.165) is 13.9 Å². The van der Waals surface area contributed by atoms with Crippen LogP contribution in [0.15, 0.2) is 45.7 Å². The summed E-state index contributed by atoms with van der Waals surface area (Å²) in [6.45, 7) is 0. The van der Waals surface area contributed by atoms with E-state index in [-0.39, 0.29) is 11.1 Å². The highest BCUT2D eigenvalue weighted by Gasteiger charge is 2.11. The number of nitro groups is 1. The van der Waals surface area contributed by atoms with E-state index in [0.29, 0.717) is 10.8 Å². The van der Waals surface area contributed by atoms with Gasteiger partial charge in [-0.15, -0.1) is 11.3 Å². The van der Waals surface area contributed by atoms with Crippen LogP contribution in [0.25, 0.3) is 20.2 Å². The minimum atomic E-state index is -0.491. The lowest BCUT2D eigenvalue weighted by molar-refractivity contribution is -0.384. The molecule has 0 aliphatic carbocycles. The number of fused-ring (bicyclic) bond motifs is 2. The van der Waals surface area contributed by atoms with Gasteiger partial charge in [-0.1, -0.05) is 15.9 Å². The number of halogens is 1. The molecule has 0 aliphatic rings. The monoisotopic (exact) mass is 335 g/mol. The van der Waals surface area contributed by atoms with Crippen molar-refractivity contribution in [3.63, 3.8) is 0 Å². The van der Waals surface area contributed by atoms with E-state index >= 15 is 0 Å². The summed E-state index contributed by atoms with van der Waals surface area (Å²) in [4.78, 5) is 22.7. The van der Waals surface area contributed by atoms with Crippen molar-refractivity contribution >= 4 is 53.1 Å². The van der Waals surface area contributed by atoms with E-state index in [4.69, 9.17) is 0 Å². The van der Waals surface area contributed by atoms with Gasteiger partial charge in [-0.05, 0) is 24.3 Å². The van der Waals surface area contributed by atoms with Crippen molar-refractivity contribution < 1.29 is 4.92 Å². The van der Waals surface area contributed by atoms with Crippen molar-refractivity contribution in [2.75, 3.05) is 0 Å². The lowest BCUT2D eigenvalue weighted by atomic mass is 10.2. The van der Waals surface area contributed by atoms with Gasteiger partial charge in [-0.25, -0.2) is 0 Å². The van der Waals surface area contributed by atoms with Crippen LogP contribution in [-0.4, -0.2) is 4.92 Å². The third kappa shape index (κ3) is 2.02. The number of nitrogens with zero attached hydrogens (tertiary/aromatic N) is 1. The molecule has 0 atom stereocenters. The number of benzene rings is 2. The zero-order chi connectivity index (χ0) is 13.6. The Morgan fingerprint density at radius 2 is 1.68 bits per heavy atom. The number of rotatable bonds is 1. The first-order chi connectivity index (χ1) is 9.06. The Labute approximate surface area is 119 Å². The summed E-state index contributed by atoms with van der Waals surface area (Å²) in [7, 11) is 0. The van der Waals surface area contributed by atoms with Gasteiger partial charge < -0.3 is 0 Å². The lowest BCUT2D eigenvalue weighted by Crippen LogP contribution is -2.01. The molecule has 0 N–H and O–H groups in total. The zero-order valence-electron chi connectivity index (χ0n) is 9.42. The minimum absolute atomic E-state index is 0.0638. The maximum absolute atomic E-state index is 12.4. The van der Waals surface area contributed by atoms with E-state index in [1.54, 1.807) is 12.1 Å². The molecule has 1 heterocycles. The maximum Gasteiger partial charge on any atom is 0.270 e. The van der Waals surface area contributed by atoms with Crippen molar-refractivity contribution in [2.45, 2.75) is 0 Å². The Morgan fingerprint density at radius 1 is 1.05 bits per heavy atom. The van der Waals surface area contributed by atoms with Crippen LogP contribution in [-0.2, 0) is 0 Å². The second kappa shape index (κ2) is 4.40. The molecule has 2 aromatic carbocycles. The fourth-order valence-electron chi connectivity index (χ4n) is 1.93. The van der Waals surface area contributed by atoms with Crippen LogP contribution in [0.4, 0.5) is 5.69 Å².